The van der Waals surface area contributed by atoms with E-state index in [1.165, 1.54) is 0 Å². The van der Waals surface area contributed by atoms with Gasteiger partial charge >= 0.3 is 0 Å². The Hall–Kier alpha value is -2.37. The van der Waals surface area contributed by atoms with Crippen molar-refractivity contribution in [3.63, 3.8) is 0 Å². The Bertz CT molecular complexity index is 682. The second kappa shape index (κ2) is 7.47. The van der Waals surface area contributed by atoms with Gasteiger partial charge in [0, 0.05) is 25.4 Å². The zero-order valence-corrected chi connectivity index (χ0v) is 13.7. The van der Waals surface area contributed by atoms with Gasteiger partial charge in [-0.25, -0.2) is 0 Å². The highest BCUT2D eigenvalue weighted by Crippen LogP contribution is 2.29. The molecule has 24 heavy (non-hydrogen) atoms. The van der Waals surface area contributed by atoms with Crippen LogP contribution in [0.2, 0.25) is 0 Å². The van der Waals surface area contributed by atoms with Crippen molar-refractivity contribution in [2.45, 2.75) is 6.42 Å². The molecule has 0 radical (unpaired) electrons. The van der Waals surface area contributed by atoms with Gasteiger partial charge in [-0.05, 0) is 37.2 Å². The number of para-hydroxylation sites is 1. The van der Waals surface area contributed by atoms with Crippen molar-refractivity contribution < 1.29 is 14.3 Å². The Morgan fingerprint density at radius 1 is 1.17 bits per heavy atom. The van der Waals surface area contributed by atoms with Crippen LogP contribution in [0.4, 0.5) is 5.69 Å². The summed E-state index contributed by atoms with van der Waals surface area (Å²) in [6.45, 7) is 1.87. The normalized spacial score (nSPS) is 19.9. The largest absolute Gasteiger partial charge is 0.457 e. The van der Waals surface area contributed by atoms with Crippen LogP contribution in [-0.2, 0) is 9.53 Å². The average Bonchev–Trinajstić information content (AvgIpc) is 3.06. The van der Waals surface area contributed by atoms with Crippen molar-refractivity contribution in [3.05, 3.63) is 54.6 Å². The fraction of sp³-hybridized carbons (Fsp3) is 0.316. The van der Waals surface area contributed by atoms with Crippen LogP contribution in [0.3, 0.4) is 0 Å². The van der Waals surface area contributed by atoms with Crippen LogP contribution in [0.15, 0.2) is 54.6 Å². The summed E-state index contributed by atoms with van der Waals surface area (Å²) in [4.78, 5) is 12.7. The van der Waals surface area contributed by atoms with Crippen molar-refractivity contribution in [1.82, 2.24) is 5.32 Å². The van der Waals surface area contributed by atoms with Crippen LogP contribution >= 0.6 is 0 Å². The van der Waals surface area contributed by atoms with E-state index < -0.39 is 5.41 Å². The molecule has 126 valence electrons. The molecule has 0 aromatic heterocycles. The molecule has 0 aliphatic carbocycles. The maximum atomic E-state index is 12.7. The van der Waals surface area contributed by atoms with Crippen molar-refractivity contribution in [2.75, 3.05) is 32.1 Å². The SMILES string of the molecule is COCC1(C(=O)Nc2cccc(Oc3ccccc3)c2)CCNC1. The number of methoxy groups -OCH3 is 1. The summed E-state index contributed by atoms with van der Waals surface area (Å²) in [7, 11) is 1.63. The van der Waals surface area contributed by atoms with E-state index in [1.54, 1.807) is 7.11 Å². The Balaban J connectivity index is 1.71. The molecule has 1 fully saturated rings. The second-order valence-electron chi connectivity index (χ2n) is 6.04. The Labute approximate surface area is 142 Å². The lowest BCUT2D eigenvalue weighted by Crippen LogP contribution is -2.41. The third kappa shape index (κ3) is 3.75. The number of benzene rings is 2. The number of nitrogens with one attached hydrogen (secondary N) is 2. The van der Waals surface area contributed by atoms with Gasteiger partial charge in [0.15, 0.2) is 0 Å². The van der Waals surface area contributed by atoms with E-state index in [4.69, 9.17) is 9.47 Å². The van der Waals surface area contributed by atoms with E-state index >= 15 is 0 Å². The highest BCUT2D eigenvalue weighted by molar-refractivity contribution is 5.96. The first-order valence-electron chi connectivity index (χ1n) is 8.06. The molecule has 1 heterocycles. The summed E-state index contributed by atoms with van der Waals surface area (Å²) in [6, 6.07) is 17.0. The molecule has 1 aliphatic heterocycles. The van der Waals surface area contributed by atoms with Gasteiger partial charge in [0.1, 0.15) is 11.5 Å². The third-order valence-electron chi connectivity index (χ3n) is 4.22. The number of amides is 1. The molecule has 0 saturated carbocycles. The number of hydrogen-bond acceptors (Lipinski definition) is 4. The molecule has 2 N–H and O–H groups in total. The van der Waals surface area contributed by atoms with Gasteiger partial charge in [0.2, 0.25) is 5.91 Å². The number of hydrogen-bond donors (Lipinski definition) is 2. The Kier molecular flexibility index (Phi) is 5.13. The molecular weight excluding hydrogens is 304 g/mol. The number of carbonyl (C=O) groups excluding carboxylic acids is 1. The van der Waals surface area contributed by atoms with E-state index in [0.717, 1.165) is 24.4 Å². The molecule has 1 unspecified atom stereocenters. The smallest absolute Gasteiger partial charge is 0.234 e. The molecule has 5 heteroatoms. The van der Waals surface area contributed by atoms with Crippen LogP contribution in [0.25, 0.3) is 0 Å². The zero-order valence-electron chi connectivity index (χ0n) is 13.7. The fourth-order valence-corrected chi connectivity index (χ4v) is 2.93. The van der Waals surface area contributed by atoms with Crippen molar-refractivity contribution in [1.29, 1.82) is 0 Å². The van der Waals surface area contributed by atoms with Gasteiger partial charge in [0.25, 0.3) is 0 Å². The minimum Gasteiger partial charge on any atom is -0.457 e. The van der Waals surface area contributed by atoms with Crippen LogP contribution in [0.5, 0.6) is 11.5 Å². The summed E-state index contributed by atoms with van der Waals surface area (Å²) < 4.78 is 11.1. The maximum Gasteiger partial charge on any atom is 0.234 e. The quantitative estimate of drug-likeness (QED) is 0.856. The van der Waals surface area contributed by atoms with Crippen molar-refractivity contribution in [3.8, 4) is 11.5 Å². The highest BCUT2D eigenvalue weighted by Gasteiger charge is 2.41. The first kappa shape index (κ1) is 16.5. The van der Waals surface area contributed by atoms with E-state index in [0.29, 0.717) is 18.9 Å². The predicted octanol–water partition coefficient (Wildman–Crippen LogP) is 3.04. The fourth-order valence-electron chi connectivity index (χ4n) is 2.93. The van der Waals surface area contributed by atoms with E-state index in [1.807, 2.05) is 54.6 Å². The zero-order chi connectivity index (χ0) is 16.8. The van der Waals surface area contributed by atoms with Crippen LogP contribution in [-0.4, -0.2) is 32.7 Å². The lowest BCUT2D eigenvalue weighted by molar-refractivity contribution is -0.127. The number of anilines is 1. The van der Waals surface area contributed by atoms with Gasteiger partial charge in [-0.15, -0.1) is 0 Å². The molecule has 3 rings (SSSR count). The van der Waals surface area contributed by atoms with Gasteiger partial charge in [0.05, 0.1) is 12.0 Å². The van der Waals surface area contributed by atoms with Crippen LogP contribution in [0, 0.1) is 5.41 Å². The van der Waals surface area contributed by atoms with E-state index in [9.17, 15) is 4.79 Å². The van der Waals surface area contributed by atoms with Gasteiger partial charge in [-0.2, -0.15) is 0 Å². The van der Waals surface area contributed by atoms with Gasteiger partial charge in [-0.3, -0.25) is 4.79 Å². The molecule has 1 atom stereocenters. The second-order valence-corrected chi connectivity index (χ2v) is 6.04. The molecule has 0 spiro atoms. The average molecular weight is 326 g/mol. The molecule has 1 amide bonds. The topological polar surface area (TPSA) is 59.6 Å². The predicted molar refractivity (Wildman–Crippen MR) is 93.4 cm³/mol. The molecule has 5 nitrogen and oxygen atoms in total. The molecule has 1 saturated heterocycles. The molecule has 1 aliphatic rings. The maximum absolute atomic E-state index is 12.7. The van der Waals surface area contributed by atoms with Crippen molar-refractivity contribution in [2.24, 2.45) is 5.41 Å². The van der Waals surface area contributed by atoms with Crippen molar-refractivity contribution >= 4 is 11.6 Å². The summed E-state index contributed by atoms with van der Waals surface area (Å²) in [5, 5.41) is 6.24. The molecular formula is C19H22N2O3. The summed E-state index contributed by atoms with van der Waals surface area (Å²) in [6.07, 6.45) is 0.771. The number of carbonyl (C=O) groups is 1. The summed E-state index contributed by atoms with van der Waals surface area (Å²) in [5.41, 5.74) is 0.209. The summed E-state index contributed by atoms with van der Waals surface area (Å²) in [5.74, 6) is 1.42. The van der Waals surface area contributed by atoms with Gasteiger partial charge < -0.3 is 20.1 Å². The first-order chi connectivity index (χ1) is 11.7. The van der Waals surface area contributed by atoms with Gasteiger partial charge in [-0.1, -0.05) is 24.3 Å². The number of rotatable bonds is 6. The Morgan fingerprint density at radius 2 is 1.96 bits per heavy atom. The molecule has 2 aromatic rings. The summed E-state index contributed by atoms with van der Waals surface area (Å²) >= 11 is 0. The highest BCUT2D eigenvalue weighted by atomic mass is 16.5. The standard InChI is InChI=1S/C19H22N2O3/c1-23-14-19(10-11-20-13-19)18(22)21-15-6-5-9-17(12-15)24-16-7-3-2-4-8-16/h2-9,12,20H,10-11,13-14H2,1H3,(H,21,22). The minimum absolute atomic E-state index is 0.0220. The third-order valence-corrected chi connectivity index (χ3v) is 4.22. The number of ether oxygens (including phenoxy) is 2. The lowest BCUT2D eigenvalue weighted by atomic mass is 9.87. The van der Waals surface area contributed by atoms with E-state index in [2.05, 4.69) is 10.6 Å². The monoisotopic (exact) mass is 326 g/mol. The van der Waals surface area contributed by atoms with Crippen LogP contribution < -0.4 is 15.4 Å². The minimum atomic E-state index is -0.509. The van der Waals surface area contributed by atoms with E-state index in [-0.39, 0.29) is 5.91 Å². The molecule has 2 aromatic carbocycles. The Morgan fingerprint density at radius 3 is 2.67 bits per heavy atom. The molecule has 0 bridgehead atoms. The first-order valence-corrected chi connectivity index (χ1v) is 8.06. The van der Waals surface area contributed by atoms with Crippen LogP contribution in [0.1, 0.15) is 6.42 Å². The lowest BCUT2D eigenvalue weighted by Gasteiger charge is -2.26.